The zero-order chi connectivity index (χ0) is 15.9. The summed E-state index contributed by atoms with van der Waals surface area (Å²) in [6, 6.07) is 4.72. The number of amides is 2. The highest BCUT2D eigenvalue weighted by Gasteiger charge is 2.28. The van der Waals surface area contributed by atoms with E-state index in [9.17, 15) is 14.7 Å². The molecule has 2 aromatic rings. The average Bonchev–Trinajstić information content (AvgIpc) is 3.20. The number of nitrogens with two attached hydrogens (primary N) is 1. The van der Waals surface area contributed by atoms with Gasteiger partial charge in [0.05, 0.1) is 11.4 Å². The first-order chi connectivity index (χ1) is 10.5. The average molecular weight is 302 g/mol. The van der Waals surface area contributed by atoms with Crippen LogP contribution in [-0.2, 0) is 0 Å². The van der Waals surface area contributed by atoms with Gasteiger partial charge >= 0.3 is 12.0 Å². The summed E-state index contributed by atoms with van der Waals surface area (Å²) in [5.74, 6) is -0.929. The summed E-state index contributed by atoms with van der Waals surface area (Å²) in [6.45, 7) is 0. The van der Waals surface area contributed by atoms with Crippen molar-refractivity contribution < 1.29 is 19.8 Å². The maximum atomic E-state index is 11.8. The Kier molecular flexibility index (Phi) is 3.21. The van der Waals surface area contributed by atoms with Crippen LogP contribution in [0.5, 0.6) is 5.75 Å². The molecule has 1 heterocycles. The smallest absolute Gasteiger partial charge is 0.339 e. The molecular weight excluding hydrogens is 288 g/mol. The van der Waals surface area contributed by atoms with Gasteiger partial charge in [0, 0.05) is 12.0 Å². The van der Waals surface area contributed by atoms with Crippen molar-refractivity contribution in [3.05, 3.63) is 35.5 Å². The van der Waals surface area contributed by atoms with Gasteiger partial charge in [-0.25, -0.2) is 14.5 Å². The molecule has 0 radical (unpaired) electrons. The largest absolute Gasteiger partial charge is 0.507 e. The molecule has 0 bridgehead atoms. The minimum absolute atomic E-state index is 0.230. The summed E-state index contributed by atoms with van der Waals surface area (Å²) in [6.07, 6.45) is 2.12. The molecular formula is C14H14N4O4. The zero-order valence-electron chi connectivity index (χ0n) is 11.5. The SMILES string of the molecule is NC(=O)N(c1ccc(O)c(C(=O)O)c1)c1cc(C2CC2)n[nH]1. The maximum Gasteiger partial charge on any atom is 0.339 e. The molecule has 0 unspecified atom stereocenters. The highest BCUT2D eigenvalue weighted by atomic mass is 16.4. The first kappa shape index (κ1) is 13.9. The van der Waals surface area contributed by atoms with Crippen LogP contribution in [0.3, 0.4) is 0 Å². The van der Waals surface area contributed by atoms with E-state index in [2.05, 4.69) is 10.2 Å². The van der Waals surface area contributed by atoms with Gasteiger partial charge in [0.1, 0.15) is 17.1 Å². The number of aromatic amines is 1. The van der Waals surface area contributed by atoms with E-state index < -0.39 is 12.0 Å². The highest BCUT2D eigenvalue weighted by Crippen LogP contribution is 2.40. The molecule has 0 saturated heterocycles. The van der Waals surface area contributed by atoms with E-state index in [4.69, 9.17) is 10.8 Å². The number of carbonyl (C=O) groups excluding carboxylic acids is 1. The van der Waals surface area contributed by atoms with Crippen LogP contribution < -0.4 is 10.6 Å². The molecule has 0 spiro atoms. The minimum atomic E-state index is -1.30. The zero-order valence-corrected chi connectivity index (χ0v) is 11.5. The summed E-state index contributed by atoms with van der Waals surface area (Å²) in [5, 5.41) is 25.5. The minimum Gasteiger partial charge on any atom is -0.507 e. The third-order valence-corrected chi connectivity index (χ3v) is 3.51. The molecule has 5 N–H and O–H groups in total. The van der Waals surface area contributed by atoms with Gasteiger partial charge in [0.15, 0.2) is 0 Å². The summed E-state index contributed by atoms with van der Waals surface area (Å²) in [7, 11) is 0. The molecule has 1 fully saturated rings. The summed E-state index contributed by atoms with van der Waals surface area (Å²) in [5.41, 5.74) is 6.16. The van der Waals surface area contributed by atoms with Gasteiger partial charge < -0.3 is 15.9 Å². The Hall–Kier alpha value is -3.03. The molecule has 1 saturated carbocycles. The monoisotopic (exact) mass is 302 g/mol. The molecule has 2 amide bonds. The van der Waals surface area contributed by atoms with Gasteiger partial charge in [-0.3, -0.25) is 5.10 Å². The molecule has 3 rings (SSSR count). The number of anilines is 2. The Balaban J connectivity index is 2.01. The number of urea groups is 1. The summed E-state index contributed by atoms with van der Waals surface area (Å²) < 4.78 is 0. The third kappa shape index (κ3) is 2.46. The van der Waals surface area contributed by atoms with Crippen molar-refractivity contribution in [1.82, 2.24) is 10.2 Å². The van der Waals surface area contributed by atoms with Gasteiger partial charge in [-0.2, -0.15) is 5.10 Å². The second-order valence-corrected chi connectivity index (χ2v) is 5.13. The summed E-state index contributed by atoms with van der Waals surface area (Å²) >= 11 is 0. The topological polar surface area (TPSA) is 133 Å². The van der Waals surface area contributed by atoms with E-state index in [1.165, 1.54) is 18.2 Å². The van der Waals surface area contributed by atoms with Crippen molar-refractivity contribution in [3.8, 4) is 5.75 Å². The molecule has 0 aliphatic heterocycles. The van der Waals surface area contributed by atoms with Gasteiger partial charge in [0.25, 0.3) is 0 Å². The first-order valence-corrected chi connectivity index (χ1v) is 6.68. The van der Waals surface area contributed by atoms with Gasteiger partial charge in [-0.1, -0.05) is 0 Å². The van der Waals surface area contributed by atoms with Crippen LogP contribution in [0.25, 0.3) is 0 Å². The van der Waals surface area contributed by atoms with Crippen molar-refractivity contribution in [3.63, 3.8) is 0 Å². The van der Waals surface area contributed by atoms with Crippen molar-refractivity contribution in [2.45, 2.75) is 18.8 Å². The number of aromatic carboxylic acids is 1. The molecule has 8 heteroatoms. The van der Waals surface area contributed by atoms with Crippen LogP contribution in [0, 0.1) is 0 Å². The number of aromatic nitrogens is 2. The molecule has 114 valence electrons. The number of rotatable bonds is 4. The number of benzene rings is 1. The van der Waals surface area contributed by atoms with Crippen molar-refractivity contribution >= 4 is 23.5 Å². The van der Waals surface area contributed by atoms with Crippen molar-refractivity contribution in [2.24, 2.45) is 5.73 Å². The lowest BCUT2D eigenvalue weighted by atomic mass is 10.1. The second kappa shape index (κ2) is 5.06. The number of primary amides is 1. The Bertz CT molecular complexity index is 751. The quantitative estimate of drug-likeness (QED) is 0.684. The number of carbonyl (C=O) groups is 2. The fourth-order valence-electron chi connectivity index (χ4n) is 2.25. The van der Waals surface area contributed by atoms with E-state index in [-0.39, 0.29) is 17.0 Å². The lowest BCUT2D eigenvalue weighted by Gasteiger charge is -2.18. The Morgan fingerprint density at radius 3 is 2.64 bits per heavy atom. The lowest BCUT2D eigenvalue weighted by Crippen LogP contribution is -2.31. The molecule has 0 atom stereocenters. The number of hydrogen-bond donors (Lipinski definition) is 4. The van der Waals surface area contributed by atoms with Gasteiger partial charge in [-0.15, -0.1) is 0 Å². The van der Waals surface area contributed by atoms with Crippen LogP contribution >= 0.6 is 0 Å². The van der Waals surface area contributed by atoms with E-state index >= 15 is 0 Å². The molecule has 1 aliphatic rings. The lowest BCUT2D eigenvalue weighted by molar-refractivity contribution is 0.0693. The van der Waals surface area contributed by atoms with E-state index in [0.717, 1.165) is 23.4 Å². The van der Waals surface area contributed by atoms with Crippen LogP contribution in [0.1, 0.15) is 34.8 Å². The number of nitrogens with zero attached hydrogens (tertiary/aromatic N) is 2. The van der Waals surface area contributed by atoms with Crippen LogP contribution in [0.2, 0.25) is 0 Å². The predicted molar refractivity (Wildman–Crippen MR) is 77.4 cm³/mol. The first-order valence-electron chi connectivity index (χ1n) is 6.68. The number of phenols is 1. The number of aromatic hydroxyl groups is 1. The van der Waals surface area contributed by atoms with Crippen LogP contribution in [-0.4, -0.2) is 32.4 Å². The number of nitrogens with one attached hydrogen (secondary N) is 1. The normalized spacial score (nSPS) is 13.8. The highest BCUT2D eigenvalue weighted by molar-refractivity contribution is 6.00. The van der Waals surface area contributed by atoms with Crippen molar-refractivity contribution in [2.75, 3.05) is 4.90 Å². The number of H-pyrrole nitrogens is 1. The van der Waals surface area contributed by atoms with Gasteiger partial charge in [-0.05, 0) is 31.0 Å². The molecule has 1 aliphatic carbocycles. The van der Waals surface area contributed by atoms with Crippen molar-refractivity contribution in [1.29, 1.82) is 0 Å². The predicted octanol–water partition coefficient (Wildman–Crippen LogP) is 1.91. The maximum absolute atomic E-state index is 11.8. The Labute approximate surface area is 125 Å². The fraction of sp³-hybridized carbons (Fsp3) is 0.214. The molecule has 1 aromatic heterocycles. The molecule has 1 aromatic carbocycles. The Morgan fingerprint density at radius 1 is 1.32 bits per heavy atom. The Morgan fingerprint density at radius 2 is 2.05 bits per heavy atom. The number of carboxylic acids is 1. The van der Waals surface area contributed by atoms with E-state index in [1.54, 1.807) is 6.07 Å². The number of carboxylic acid groups (broad SMARTS) is 1. The van der Waals surface area contributed by atoms with Crippen LogP contribution in [0.4, 0.5) is 16.3 Å². The number of hydrogen-bond acceptors (Lipinski definition) is 4. The molecule has 8 nitrogen and oxygen atoms in total. The van der Waals surface area contributed by atoms with E-state index in [1.807, 2.05) is 0 Å². The molecule has 22 heavy (non-hydrogen) atoms. The second-order valence-electron chi connectivity index (χ2n) is 5.13. The fourth-order valence-corrected chi connectivity index (χ4v) is 2.25. The third-order valence-electron chi connectivity index (χ3n) is 3.51. The summed E-state index contributed by atoms with van der Waals surface area (Å²) in [4.78, 5) is 24.0. The standard InChI is InChI=1S/C14H14N4O4/c15-14(22)18(12-6-10(16-17-12)7-1-2-7)8-3-4-11(19)9(5-8)13(20)21/h3-7,19H,1-2H2,(H2,15,22)(H,16,17)(H,20,21). The van der Waals surface area contributed by atoms with Crippen LogP contribution in [0.15, 0.2) is 24.3 Å². The van der Waals surface area contributed by atoms with Gasteiger partial charge in [0.2, 0.25) is 0 Å². The van der Waals surface area contributed by atoms with E-state index in [0.29, 0.717) is 11.7 Å².